The topological polar surface area (TPSA) is 67.4 Å². The summed E-state index contributed by atoms with van der Waals surface area (Å²) in [4.78, 5) is 13.9. The lowest BCUT2D eigenvalue weighted by atomic mass is 9.95. The van der Waals surface area contributed by atoms with Crippen LogP contribution in [0.3, 0.4) is 0 Å². The van der Waals surface area contributed by atoms with Crippen LogP contribution < -0.4 is 9.80 Å². The van der Waals surface area contributed by atoms with Gasteiger partial charge in [0.05, 0.1) is 23.6 Å². The summed E-state index contributed by atoms with van der Waals surface area (Å²) in [5, 5.41) is 8.87. The maximum atomic E-state index is 13.2. The van der Waals surface area contributed by atoms with E-state index in [9.17, 15) is 4.39 Å². The zero-order valence-corrected chi connectivity index (χ0v) is 20.3. The molecule has 1 unspecified atom stereocenters. The van der Waals surface area contributed by atoms with Gasteiger partial charge < -0.3 is 9.80 Å². The fourth-order valence-electron chi connectivity index (χ4n) is 4.76. The molecule has 1 fully saturated rings. The molecule has 1 aliphatic rings. The van der Waals surface area contributed by atoms with Gasteiger partial charge in [0.1, 0.15) is 5.82 Å². The molecule has 4 aromatic heterocycles. The van der Waals surface area contributed by atoms with Crippen LogP contribution in [0.25, 0.3) is 16.6 Å². The van der Waals surface area contributed by atoms with Gasteiger partial charge >= 0.3 is 0 Å². The molecular weight excluding hydrogens is 455 g/mol. The van der Waals surface area contributed by atoms with Crippen molar-refractivity contribution in [1.29, 1.82) is 0 Å². The van der Waals surface area contributed by atoms with E-state index >= 15 is 0 Å². The number of hydrogen-bond donors (Lipinski definition) is 0. The van der Waals surface area contributed by atoms with Crippen LogP contribution in [0.15, 0.2) is 73.6 Å². The Labute approximate surface area is 208 Å². The molecule has 0 bridgehead atoms. The van der Waals surface area contributed by atoms with E-state index in [2.05, 4.69) is 55.2 Å². The number of fused-ring (bicyclic) bond motifs is 1. The third-order valence-corrected chi connectivity index (χ3v) is 6.97. The van der Waals surface area contributed by atoms with E-state index < -0.39 is 0 Å². The van der Waals surface area contributed by atoms with Crippen molar-refractivity contribution >= 4 is 17.2 Å². The minimum atomic E-state index is -0.227. The number of aromatic nitrogens is 6. The van der Waals surface area contributed by atoms with Crippen LogP contribution in [-0.2, 0) is 7.05 Å². The molecule has 6 rings (SSSR count). The van der Waals surface area contributed by atoms with E-state index in [1.54, 1.807) is 4.68 Å². The molecule has 9 heteroatoms. The van der Waals surface area contributed by atoms with Gasteiger partial charge in [-0.1, -0.05) is 25.1 Å². The highest BCUT2D eigenvalue weighted by molar-refractivity contribution is 5.75. The minimum absolute atomic E-state index is 0.103. The Balaban J connectivity index is 1.12. The monoisotopic (exact) mass is 482 g/mol. The summed E-state index contributed by atoms with van der Waals surface area (Å²) in [6.45, 7) is 5.47. The molecule has 0 N–H and O–H groups in total. The van der Waals surface area contributed by atoms with E-state index in [4.69, 9.17) is 0 Å². The van der Waals surface area contributed by atoms with Crippen molar-refractivity contribution in [2.24, 2.45) is 7.05 Å². The number of nitrogens with zero attached hydrogens (tertiary/aromatic N) is 8. The Morgan fingerprint density at radius 1 is 0.750 bits per heavy atom. The largest absolute Gasteiger partial charge is 0.365 e. The van der Waals surface area contributed by atoms with Crippen LogP contribution in [0.2, 0.25) is 0 Å². The van der Waals surface area contributed by atoms with Crippen LogP contribution in [0.5, 0.6) is 0 Å². The van der Waals surface area contributed by atoms with Gasteiger partial charge in [0.25, 0.3) is 0 Å². The Morgan fingerprint density at radius 2 is 1.47 bits per heavy atom. The van der Waals surface area contributed by atoms with Gasteiger partial charge in [0.2, 0.25) is 5.95 Å². The molecule has 8 nitrogen and oxygen atoms in total. The van der Waals surface area contributed by atoms with Crippen molar-refractivity contribution in [3.05, 3.63) is 90.5 Å². The number of aryl methyl sites for hydroxylation is 1. The summed E-state index contributed by atoms with van der Waals surface area (Å²) < 4.78 is 17.0. The highest BCUT2D eigenvalue weighted by Crippen LogP contribution is 2.27. The zero-order chi connectivity index (χ0) is 24.6. The molecule has 5 aromatic rings. The molecular formula is C27H27FN8. The van der Waals surface area contributed by atoms with Crippen molar-refractivity contribution in [2.45, 2.75) is 12.8 Å². The van der Waals surface area contributed by atoms with Crippen molar-refractivity contribution in [3.8, 4) is 11.1 Å². The van der Waals surface area contributed by atoms with E-state index in [0.717, 1.165) is 65.6 Å². The van der Waals surface area contributed by atoms with Gasteiger partial charge in [0.15, 0.2) is 0 Å². The molecule has 0 aliphatic carbocycles. The number of piperazine rings is 1. The molecule has 182 valence electrons. The molecule has 36 heavy (non-hydrogen) atoms. The lowest BCUT2D eigenvalue weighted by Gasteiger charge is -2.35. The number of hydrogen-bond acceptors (Lipinski definition) is 6. The second-order valence-corrected chi connectivity index (χ2v) is 9.24. The van der Waals surface area contributed by atoms with Crippen molar-refractivity contribution in [3.63, 3.8) is 0 Å². The smallest absolute Gasteiger partial charge is 0.225 e. The molecule has 0 amide bonds. The summed E-state index contributed by atoms with van der Waals surface area (Å²) >= 11 is 0. The highest BCUT2D eigenvalue weighted by Gasteiger charge is 2.22. The van der Waals surface area contributed by atoms with Crippen molar-refractivity contribution in [2.75, 3.05) is 36.0 Å². The average Bonchev–Trinajstić information content (AvgIpc) is 3.55. The first kappa shape index (κ1) is 22.2. The van der Waals surface area contributed by atoms with Crippen molar-refractivity contribution < 1.29 is 4.39 Å². The average molecular weight is 483 g/mol. The van der Waals surface area contributed by atoms with Crippen LogP contribution in [0, 0.1) is 5.82 Å². The highest BCUT2D eigenvalue weighted by atomic mass is 19.1. The summed E-state index contributed by atoms with van der Waals surface area (Å²) in [7, 11) is 1.92. The van der Waals surface area contributed by atoms with E-state index in [1.165, 1.54) is 12.1 Å². The van der Waals surface area contributed by atoms with Gasteiger partial charge in [-0.05, 0) is 29.3 Å². The van der Waals surface area contributed by atoms with Crippen LogP contribution in [-0.4, -0.2) is 55.5 Å². The lowest BCUT2D eigenvalue weighted by molar-refractivity contribution is 0.626. The van der Waals surface area contributed by atoms with Gasteiger partial charge in [-0.2, -0.15) is 10.2 Å². The van der Waals surface area contributed by atoms with Crippen LogP contribution in [0.4, 0.5) is 16.0 Å². The number of benzene rings is 1. The van der Waals surface area contributed by atoms with Gasteiger partial charge in [-0.15, -0.1) is 0 Å². The Kier molecular flexibility index (Phi) is 5.59. The number of rotatable bonds is 5. The van der Waals surface area contributed by atoms with Crippen LogP contribution >= 0.6 is 0 Å². The number of halogens is 1. The Bertz CT molecular complexity index is 1480. The lowest BCUT2D eigenvalue weighted by Crippen LogP contribution is -2.47. The standard InChI is InChI=1S/C27H27FN8/c1-19(20-3-6-24(28)7-4-20)22-13-29-27(30-14-22)35-11-9-34(10-12-35)26-16-32-36-18-21(5-8-25(26)36)23-15-31-33(2)17-23/h3-8,13-19H,9-12H2,1-2H3. The predicted molar refractivity (Wildman–Crippen MR) is 138 cm³/mol. The van der Waals surface area contributed by atoms with Gasteiger partial charge in [-0.3, -0.25) is 4.68 Å². The van der Waals surface area contributed by atoms with E-state index in [1.807, 2.05) is 54.7 Å². The molecule has 0 radical (unpaired) electrons. The summed E-state index contributed by atoms with van der Waals surface area (Å²) in [6.07, 6.45) is 11.6. The Hall–Kier alpha value is -4.27. The third-order valence-electron chi connectivity index (χ3n) is 6.97. The molecule has 0 saturated carbocycles. The zero-order valence-electron chi connectivity index (χ0n) is 20.3. The summed E-state index contributed by atoms with van der Waals surface area (Å²) in [5.41, 5.74) is 6.44. The molecule has 1 aromatic carbocycles. The quantitative estimate of drug-likeness (QED) is 0.375. The number of pyridine rings is 1. The first-order valence-corrected chi connectivity index (χ1v) is 12.1. The molecule has 5 heterocycles. The normalized spacial score (nSPS) is 15.0. The second-order valence-electron chi connectivity index (χ2n) is 9.24. The van der Waals surface area contributed by atoms with Gasteiger partial charge in [0, 0.05) is 75.1 Å². The first-order chi connectivity index (χ1) is 17.5. The van der Waals surface area contributed by atoms with Crippen molar-refractivity contribution in [1.82, 2.24) is 29.4 Å². The fraction of sp³-hybridized carbons (Fsp3) is 0.259. The third kappa shape index (κ3) is 4.17. The predicted octanol–water partition coefficient (Wildman–Crippen LogP) is 4.14. The summed E-state index contributed by atoms with van der Waals surface area (Å²) in [5.74, 6) is 0.617. The number of anilines is 2. The maximum absolute atomic E-state index is 13.2. The maximum Gasteiger partial charge on any atom is 0.225 e. The van der Waals surface area contributed by atoms with E-state index in [-0.39, 0.29) is 11.7 Å². The SMILES string of the molecule is CC(c1ccc(F)cc1)c1cnc(N2CCN(c3cnn4cc(-c5cnn(C)c5)ccc34)CC2)nc1. The minimum Gasteiger partial charge on any atom is -0.365 e. The Morgan fingerprint density at radius 3 is 2.17 bits per heavy atom. The van der Waals surface area contributed by atoms with Crippen LogP contribution in [0.1, 0.15) is 24.0 Å². The second kappa shape index (κ2) is 9.07. The molecule has 0 spiro atoms. The first-order valence-electron chi connectivity index (χ1n) is 12.1. The summed E-state index contributed by atoms with van der Waals surface area (Å²) in [6, 6.07) is 10.9. The molecule has 1 atom stereocenters. The fourth-order valence-corrected chi connectivity index (χ4v) is 4.76. The van der Waals surface area contributed by atoms with E-state index in [0.29, 0.717) is 0 Å². The molecule has 1 aliphatic heterocycles. The van der Waals surface area contributed by atoms with Gasteiger partial charge in [-0.25, -0.2) is 18.9 Å². The molecule has 1 saturated heterocycles.